The number of nitrogens with zero attached hydrogens (tertiary/aromatic N) is 2. The predicted molar refractivity (Wildman–Crippen MR) is 73.1 cm³/mol. The van der Waals surface area contributed by atoms with Gasteiger partial charge in [0.05, 0.1) is 0 Å². The van der Waals surface area contributed by atoms with Gasteiger partial charge in [-0.25, -0.2) is 4.98 Å². The first-order valence-corrected chi connectivity index (χ1v) is 7.09. The minimum absolute atomic E-state index is 0.0553. The number of aryl methyl sites for hydroxylation is 1. The van der Waals surface area contributed by atoms with Gasteiger partial charge in [-0.15, -0.1) is 0 Å². The largest absolute Gasteiger partial charge is 0.372 e. The molecule has 19 heavy (non-hydrogen) atoms. The van der Waals surface area contributed by atoms with Gasteiger partial charge in [0.2, 0.25) is 5.91 Å². The lowest BCUT2D eigenvalue weighted by molar-refractivity contribution is -0.125. The van der Waals surface area contributed by atoms with Crippen molar-refractivity contribution in [2.24, 2.45) is 0 Å². The zero-order chi connectivity index (χ0) is 13.7. The lowest BCUT2D eigenvalue weighted by atomic mass is 9.92. The van der Waals surface area contributed by atoms with Crippen molar-refractivity contribution in [3.8, 4) is 0 Å². The molecule has 1 amide bonds. The van der Waals surface area contributed by atoms with Crippen LogP contribution in [0.1, 0.15) is 43.7 Å². The van der Waals surface area contributed by atoms with E-state index < -0.39 is 0 Å². The van der Waals surface area contributed by atoms with Crippen LogP contribution in [0.2, 0.25) is 0 Å². The monoisotopic (exact) mass is 265 g/mol. The molecule has 1 heterocycles. The van der Waals surface area contributed by atoms with Crippen molar-refractivity contribution in [3.05, 3.63) is 17.7 Å². The van der Waals surface area contributed by atoms with Crippen LogP contribution in [0.5, 0.6) is 0 Å². The van der Waals surface area contributed by atoms with Crippen LogP contribution in [0.4, 0.5) is 0 Å². The molecule has 106 valence electrons. The van der Waals surface area contributed by atoms with Gasteiger partial charge in [-0.2, -0.15) is 0 Å². The van der Waals surface area contributed by atoms with Gasteiger partial charge in [0.25, 0.3) is 0 Å². The Balaban J connectivity index is 1.81. The molecule has 0 bridgehead atoms. The Hall–Kier alpha value is -1.36. The van der Waals surface area contributed by atoms with Gasteiger partial charge in [-0.3, -0.25) is 4.79 Å². The minimum Gasteiger partial charge on any atom is -0.372 e. The Morgan fingerprint density at radius 1 is 1.58 bits per heavy atom. The molecule has 1 aromatic heterocycles. The summed E-state index contributed by atoms with van der Waals surface area (Å²) in [6.45, 7) is 5.31. The van der Waals surface area contributed by atoms with Crippen LogP contribution in [0.3, 0.4) is 0 Å². The fourth-order valence-corrected chi connectivity index (χ4v) is 2.38. The molecule has 5 heteroatoms. The van der Waals surface area contributed by atoms with Gasteiger partial charge < -0.3 is 14.6 Å². The number of nitrogens with one attached hydrogen (secondary N) is 1. The SMILES string of the molecule is CCOCC(=O)NCCc1ncc(C)n1C1CCC1. The highest BCUT2D eigenvalue weighted by atomic mass is 16.5. The average Bonchev–Trinajstić information content (AvgIpc) is 2.67. The maximum Gasteiger partial charge on any atom is 0.246 e. The highest BCUT2D eigenvalue weighted by molar-refractivity contribution is 5.77. The first-order chi connectivity index (χ1) is 9.22. The van der Waals surface area contributed by atoms with Gasteiger partial charge in [0, 0.05) is 37.5 Å². The molecule has 1 fully saturated rings. The smallest absolute Gasteiger partial charge is 0.246 e. The van der Waals surface area contributed by atoms with Crippen molar-refractivity contribution in [2.75, 3.05) is 19.8 Å². The topological polar surface area (TPSA) is 56.1 Å². The molecule has 0 atom stereocenters. The van der Waals surface area contributed by atoms with Crippen molar-refractivity contribution in [2.45, 2.75) is 45.6 Å². The zero-order valence-corrected chi connectivity index (χ0v) is 11.8. The highest BCUT2D eigenvalue weighted by Gasteiger charge is 2.23. The Labute approximate surface area is 114 Å². The third-order valence-electron chi connectivity index (χ3n) is 3.61. The normalized spacial score (nSPS) is 15.3. The Bertz CT molecular complexity index is 424. The summed E-state index contributed by atoms with van der Waals surface area (Å²) in [5, 5.41) is 2.86. The second kappa shape index (κ2) is 6.70. The van der Waals surface area contributed by atoms with E-state index in [1.165, 1.54) is 25.0 Å². The third-order valence-corrected chi connectivity index (χ3v) is 3.61. The molecule has 1 aliphatic rings. The van der Waals surface area contributed by atoms with Gasteiger partial charge in [-0.1, -0.05) is 0 Å². The lowest BCUT2D eigenvalue weighted by Gasteiger charge is -2.29. The molecule has 1 aromatic rings. The Morgan fingerprint density at radius 3 is 3.00 bits per heavy atom. The fourth-order valence-electron chi connectivity index (χ4n) is 2.38. The summed E-state index contributed by atoms with van der Waals surface area (Å²) in [4.78, 5) is 15.9. The van der Waals surface area contributed by atoms with Crippen LogP contribution >= 0.6 is 0 Å². The standard InChI is InChI=1S/C14H23N3O2/c1-3-19-10-14(18)15-8-7-13-16-9-11(2)17(13)12-5-4-6-12/h9,12H,3-8,10H2,1-2H3,(H,15,18). The molecule has 0 radical (unpaired) electrons. The van der Waals surface area contributed by atoms with Crippen molar-refractivity contribution >= 4 is 5.91 Å². The number of amides is 1. The van der Waals surface area contributed by atoms with Crippen molar-refractivity contribution in [1.82, 2.24) is 14.9 Å². The van der Waals surface area contributed by atoms with Crippen LogP contribution in [0.25, 0.3) is 0 Å². The maximum absolute atomic E-state index is 11.4. The van der Waals surface area contributed by atoms with E-state index in [-0.39, 0.29) is 12.5 Å². The van der Waals surface area contributed by atoms with Crippen molar-refractivity contribution < 1.29 is 9.53 Å². The van der Waals surface area contributed by atoms with Gasteiger partial charge >= 0.3 is 0 Å². The molecule has 1 aliphatic carbocycles. The second-order valence-electron chi connectivity index (χ2n) is 5.01. The van der Waals surface area contributed by atoms with E-state index in [1.54, 1.807) is 0 Å². The summed E-state index contributed by atoms with van der Waals surface area (Å²) in [5.74, 6) is 1.03. The molecule has 0 spiro atoms. The molecule has 0 aromatic carbocycles. The number of hydrogen-bond acceptors (Lipinski definition) is 3. The van der Waals surface area contributed by atoms with Crippen LogP contribution < -0.4 is 5.32 Å². The molecule has 1 N–H and O–H groups in total. The van der Waals surface area contributed by atoms with Crippen LogP contribution in [0.15, 0.2) is 6.20 Å². The van der Waals surface area contributed by atoms with E-state index >= 15 is 0 Å². The number of imidazole rings is 1. The Morgan fingerprint density at radius 2 is 2.37 bits per heavy atom. The van der Waals surface area contributed by atoms with Gasteiger partial charge in [0.1, 0.15) is 12.4 Å². The zero-order valence-electron chi connectivity index (χ0n) is 11.8. The number of aromatic nitrogens is 2. The summed E-state index contributed by atoms with van der Waals surface area (Å²) in [7, 11) is 0. The third kappa shape index (κ3) is 3.56. The van der Waals surface area contributed by atoms with Gasteiger partial charge in [-0.05, 0) is 33.1 Å². The number of hydrogen-bond donors (Lipinski definition) is 1. The minimum atomic E-state index is -0.0553. The average molecular weight is 265 g/mol. The van der Waals surface area contributed by atoms with E-state index in [0.29, 0.717) is 19.2 Å². The quantitative estimate of drug-likeness (QED) is 0.815. The number of ether oxygens (including phenoxy) is 1. The molecular weight excluding hydrogens is 242 g/mol. The van der Waals surface area contributed by atoms with E-state index in [4.69, 9.17) is 4.74 Å². The van der Waals surface area contributed by atoms with Gasteiger partial charge in [0.15, 0.2) is 0 Å². The number of carbonyl (C=O) groups is 1. The summed E-state index contributed by atoms with van der Waals surface area (Å²) in [6.07, 6.45) is 6.52. The van der Waals surface area contributed by atoms with Crippen LogP contribution in [0, 0.1) is 6.92 Å². The lowest BCUT2D eigenvalue weighted by Crippen LogP contribution is -2.30. The summed E-state index contributed by atoms with van der Waals surface area (Å²) < 4.78 is 7.39. The molecule has 1 saturated carbocycles. The molecule has 2 rings (SSSR count). The molecule has 0 aliphatic heterocycles. The molecule has 0 saturated heterocycles. The first-order valence-electron chi connectivity index (χ1n) is 7.09. The van der Waals surface area contributed by atoms with E-state index in [2.05, 4.69) is 21.8 Å². The van der Waals surface area contributed by atoms with Crippen LogP contribution in [-0.4, -0.2) is 35.2 Å². The predicted octanol–water partition coefficient (Wildman–Crippen LogP) is 1.61. The maximum atomic E-state index is 11.4. The highest BCUT2D eigenvalue weighted by Crippen LogP contribution is 2.33. The first kappa shape index (κ1) is 14.1. The Kier molecular flexibility index (Phi) is 4.96. The van der Waals surface area contributed by atoms with E-state index in [1.807, 2.05) is 13.1 Å². The van der Waals surface area contributed by atoms with E-state index in [0.717, 1.165) is 12.2 Å². The van der Waals surface area contributed by atoms with E-state index in [9.17, 15) is 4.79 Å². The second-order valence-corrected chi connectivity index (χ2v) is 5.01. The van der Waals surface area contributed by atoms with Crippen molar-refractivity contribution in [1.29, 1.82) is 0 Å². The fraction of sp³-hybridized carbons (Fsp3) is 0.714. The van der Waals surface area contributed by atoms with Crippen LogP contribution in [-0.2, 0) is 16.0 Å². The molecule has 5 nitrogen and oxygen atoms in total. The summed E-state index contributed by atoms with van der Waals surface area (Å²) in [6, 6.07) is 0.622. The number of rotatable bonds is 7. The molecular formula is C14H23N3O2. The number of carbonyl (C=O) groups excluding carboxylic acids is 1. The molecule has 0 unspecified atom stereocenters. The summed E-state index contributed by atoms with van der Waals surface area (Å²) >= 11 is 0. The summed E-state index contributed by atoms with van der Waals surface area (Å²) in [5.41, 5.74) is 1.22. The van der Waals surface area contributed by atoms with Crippen molar-refractivity contribution in [3.63, 3.8) is 0 Å².